The molecule has 9 heteroatoms. The number of ketones is 1. The summed E-state index contributed by atoms with van der Waals surface area (Å²) in [5.41, 5.74) is 1.58. The van der Waals surface area contributed by atoms with Gasteiger partial charge >= 0.3 is 5.97 Å². The SMILES string of the molecule is O=C(O)CCCOc1ccc(NC(NCC(=O)CC2CCCC2)C(=O)NCCc2ccccn2)cc1. The van der Waals surface area contributed by atoms with Gasteiger partial charge in [0.05, 0.1) is 13.2 Å². The van der Waals surface area contributed by atoms with E-state index < -0.39 is 12.1 Å². The second kappa shape index (κ2) is 14.8. The largest absolute Gasteiger partial charge is 0.494 e. The fourth-order valence-electron chi connectivity index (χ4n) is 4.22. The lowest BCUT2D eigenvalue weighted by atomic mass is 10.0. The summed E-state index contributed by atoms with van der Waals surface area (Å²) in [5.74, 6) is 0.0772. The number of hydrogen-bond acceptors (Lipinski definition) is 7. The maximum Gasteiger partial charge on any atom is 0.303 e. The van der Waals surface area contributed by atoms with Gasteiger partial charge in [-0.25, -0.2) is 0 Å². The Labute approximate surface area is 212 Å². The molecule has 1 fully saturated rings. The number of rotatable bonds is 16. The highest BCUT2D eigenvalue weighted by atomic mass is 16.5. The van der Waals surface area contributed by atoms with Crippen LogP contribution in [0.5, 0.6) is 5.75 Å². The number of Topliss-reactive ketones (excluding diaryl/α,β-unsaturated/α-hetero) is 1. The van der Waals surface area contributed by atoms with Crippen LogP contribution in [-0.4, -0.2) is 53.6 Å². The number of amides is 1. The molecule has 0 aliphatic heterocycles. The fourth-order valence-corrected chi connectivity index (χ4v) is 4.22. The lowest BCUT2D eigenvalue weighted by Crippen LogP contribution is -2.51. The Morgan fingerprint density at radius 1 is 1.08 bits per heavy atom. The predicted molar refractivity (Wildman–Crippen MR) is 137 cm³/mol. The summed E-state index contributed by atoms with van der Waals surface area (Å²) >= 11 is 0. The van der Waals surface area contributed by atoms with Crippen LogP contribution in [0.4, 0.5) is 5.69 Å². The number of aromatic nitrogens is 1. The molecular weight excluding hydrogens is 460 g/mol. The predicted octanol–water partition coefficient (Wildman–Crippen LogP) is 3.16. The quantitative estimate of drug-likeness (QED) is 0.206. The van der Waals surface area contributed by atoms with Gasteiger partial charge in [-0.3, -0.25) is 24.7 Å². The number of carbonyl (C=O) groups is 3. The maximum atomic E-state index is 13.0. The molecular formula is C27H36N4O5. The van der Waals surface area contributed by atoms with Gasteiger partial charge in [0.15, 0.2) is 6.17 Å². The van der Waals surface area contributed by atoms with Crippen molar-refractivity contribution in [3.63, 3.8) is 0 Å². The number of carboxylic acid groups (broad SMARTS) is 1. The van der Waals surface area contributed by atoms with E-state index in [1.807, 2.05) is 18.2 Å². The van der Waals surface area contributed by atoms with Crippen molar-refractivity contribution in [3.05, 3.63) is 54.4 Å². The van der Waals surface area contributed by atoms with Crippen LogP contribution < -0.4 is 20.7 Å². The second-order valence-electron chi connectivity index (χ2n) is 9.08. The molecule has 1 aromatic carbocycles. The summed E-state index contributed by atoms with van der Waals surface area (Å²) in [6, 6.07) is 12.7. The third-order valence-corrected chi connectivity index (χ3v) is 6.13. The normalized spacial score (nSPS) is 14.2. The standard InChI is InChI=1S/C27H36N4O5/c32-23(18-20-6-1-2-7-20)19-30-26(27(35)29-16-14-21-8-3-4-15-28-21)31-22-10-12-24(13-11-22)36-17-5-9-25(33)34/h3-4,8,10-13,15,20,26,30-31H,1-2,5-7,9,14,16-19H2,(H,29,35)(H,33,34). The van der Waals surface area contributed by atoms with E-state index in [9.17, 15) is 14.4 Å². The minimum absolute atomic E-state index is 0.0574. The highest BCUT2D eigenvalue weighted by Crippen LogP contribution is 2.27. The molecule has 194 valence electrons. The second-order valence-corrected chi connectivity index (χ2v) is 9.08. The summed E-state index contributed by atoms with van der Waals surface area (Å²) in [6.07, 6.45) is 7.15. The van der Waals surface area contributed by atoms with Gasteiger partial charge in [0.25, 0.3) is 5.91 Å². The van der Waals surface area contributed by atoms with Gasteiger partial charge in [0.1, 0.15) is 11.5 Å². The fraction of sp³-hybridized carbons (Fsp3) is 0.481. The zero-order chi connectivity index (χ0) is 25.6. The van der Waals surface area contributed by atoms with Crippen LogP contribution >= 0.6 is 0 Å². The van der Waals surface area contributed by atoms with Crippen LogP contribution in [0.2, 0.25) is 0 Å². The number of carbonyl (C=O) groups excluding carboxylic acids is 2. The number of aliphatic carboxylic acids is 1. The topological polar surface area (TPSA) is 130 Å². The van der Waals surface area contributed by atoms with E-state index in [1.54, 1.807) is 30.5 Å². The Hall–Kier alpha value is -3.46. The third kappa shape index (κ3) is 10.0. The number of ether oxygens (including phenoxy) is 1. The Balaban J connectivity index is 1.53. The molecule has 1 unspecified atom stereocenters. The summed E-state index contributed by atoms with van der Waals surface area (Å²) in [6.45, 7) is 0.854. The average molecular weight is 497 g/mol. The molecule has 0 radical (unpaired) electrons. The Morgan fingerprint density at radius 3 is 2.56 bits per heavy atom. The van der Waals surface area contributed by atoms with Crippen molar-refractivity contribution in [1.82, 2.24) is 15.6 Å². The van der Waals surface area contributed by atoms with E-state index in [0.717, 1.165) is 18.5 Å². The number of hydrogen-bond donors (Lipinski definition) is 4. The van der Waals surface area contributed by atoms with E-state index in [4.69, 9.17) is 9.84 Å². The zero-order valence-electron chi connectivity index (χ0n) is 20.6. The molecule has 1 amide bonds. The molecule has 1 heterocycles. The lowest BCUT2D eigenvalue weighted by Gasteiger charge is -2.21. The Morgan fingerprint density at radius 2 is 1.86 bits per heavy atom. The van der Waals surface area contributed by atoms with E-state index in [0.29, 0.717) is 49.8 Å². The number of carboxylic acids is 1. The van der Waals surface area contributed by atoms with Crippen LogP contribution in [-0.2, 0) is 20.8 Å². The van der Waals surface area contributed by atoms with E-state index in [2.05, 4.69) is 20.9 Å². The van der Waals surface area contributed by atoms with Crippen molar-refractivity contribution >= 4 is 23.3 Å². The molecule has 1 aliphatic carbocycles. The van der Waals surface area contributed by atoms with Crippen LogP contribution in [0.15, 0.2) is 48.7 Å². The van der Waals surface area contributed by atoms with Gasteiger partial charge in [-0.05, 0) is 48.7 Å². The third-order valence-electron chi connectivity index (χ3n) is 6.13. The number of benzene rings is 1. The smallest absolute Gasteiger partial charge is 0.303 e. The van der Waals surface area contributed by atoms with Crippen LogP contribution in [0, 0.1) is 5.92 Å². The first-order chi connectivity index (χ1) is 17.5. The van der Waals surface area contributed by atoms with Crippen molar-refractivity contribution in [2.24, 2.45) is 5.92 Å². The monoisotopic (exact) mass is 496 g/mol. The van der Waals surface area contributed by atoms with Crippen molar-refractivity contribution in [1.29, 1.82) is 0 Å². The van der Waals surface area contributed by atoms with Crippen molar-refractivity contribution in [3.8, 4) is 5.75 Å². The van der Waals surface area contributed by atoms with Gasteiger partial charge < -0.3 is 20.5 Å². The van der Waals surface area contributed by atoms with Crippen molar-refractivity contribution in [2.75, 3.05) is 25.0 Å². The van der Waals surface area contributed by atoms with Crippen LogP contribution in [0.3, 0.4) is 0 Å². The minimum atomic E-state index is -0.850. The van der Waals surface area contributed by atoms with Crippen molar-refractivity contribution < 1.29 is 24.2 Å². The van der Waals surface area contributed by atoms with Gasteiger partial charge in [0, 0.05) is 43.4 Å². The number of nitrogens with one attached hydrogen (secondary N) is 3. The van der Waals surface area contributed by atoms with E-state index in [1.165, 1.54) is 12.8 Å². The van der Waals surface area contributed by atoms with Gasteiger partial charge in [0.2, 0.25) is 0 Å². The molecule has 0 bridgehead atoms. The molecule has 1 aliphatic rings. The number of pyridine rings is 1. The van der Waals surface area contributed by atoms with Crippen LogP contribution in [0.25, 0.3) is 0 Å². The Bertz CT molecular complexity index is 962. The molecule has 4 N–H and O–H groups in total. The molecule has 0 saturated heterocycles. The van der Waals surface area contributed by atoms with Gasteiger partial charge in [-0.15, -0.1) is 0 Å². The number of nitrogens with zero attached hydrogens (tertiary/aromatic N) is 1. The summed E-state index contributed by atoms with van der Waals surface area (Å²) in [5, 5.41) is 17.9. The number of anilines is 1. The molecule has 1 aromatic heterocycles. The van der Waals surface area contributed by atoms with E-state index >= 15 is 0 Å². The van der Waals surface area contributed by atoms with Gasteiger partial charge in [-0.1, -0.05) is 31.7 Å². The minimum Gasteiger partial charge on any atom is -0.494 e. The maximum absolute atomic E-state index is 13.0. The molecule has 36 heavy (non-hydrogen) atoms. The lowest BCUT2D eigenvalue weighted by molar-refractivity contribution is -0.137. The van der Waals surface area contributed by atoms with Crippen LogP contribution in [0.1, 0.15) is 50.6 Å². The molecule has 1 saturated carbocycles. The average Bonchev–Trinajstić information content (AvgIpc) is 3.38. The summed E-state index contributed by atoms with van der Waals surface area (Å²) < 4.78 is 5.56. The molecule has 2 aromatic rings. The molecule has 1 atom stereocenters. The summed E-state index contributed by atoms with van der Waals surface area (Å²) in [7, 11) is 0. The highest BCUT2D eigenvalue weighted by Gasteiger charge is 2.22. The molecule has 0 spiro atoms. The summed E-state index contributed by atoms with van der Waals surface area (Å²) in [4.78, 5) is 40.3. The van der Waals surface area contributed by atoms with Crippen molar-refractivity contribution in [2.45, 2.75) is 57.5 Å². The Kier molecular flexibility index (Phi) is 11.2. The molecule has 9 nitrogen and oxygen atoms in total. The van der Waals surface area contributed by atoms with E-state index in [-0.39, 0.29) is 24.7 Å². The first kappa shape index (κ1) is 27.1. The first-order valence-electron chi connectivity index (χ1n) is 12.6. The highest BCUT2D eigenvalue weighted by molar-refractivity contribution is 5.86. The first-order valence-corrected chi connectivity index (χ1v) is 12.6. The molecule has 3 rings (SSSR count). The zero-order valence-corrected chi connectivity index (χ0v) is 20.6. The van der Waals surface area contributed by atoms with Gasteiger partial charge in [-0.2, -0.15) is 0 Å².